The van der Waals surface area contributed by atoms with E-state index in [4.69, 9.17) is 0 Å². The number of hydrogen-bond donors (Lipinski definition) is 0. The van der Waals surface area contributed by atoms with Crippen LogP contribution in [0.4, 0.5) is 0 Å². The molecule has 0 heterocycles. The lowest BCUT2D eigenvalue weighted by Crippen LogP contribution is -2.03. The van der Waals surface area contributed by atoms with Gasteiger partial charge in [0.25, 0.3) is 0 Å². The minimum absolute atomic E-state index is 0.509. The summed E-state index contributed by atoms with van der Waals surface area (Å²) in [6, 6.07) is 0. The molecule has 0 saturated carbocycles. The minimum atomic E-state index is 0.509. The van der Waals surface area contributed by atoms with Gasteiger partial charge in [-0.3, -0.25) is 0 Å². The lowest BCUT2D eigenvalue weighted by molar-refractivity contribution is -0.107. The third kappa shape index (κ3) is 13.7. The predicted molar refractivity (Wildman–Crippen MR) is 71.7 cm³/mol. The number of hydrogen-bond acceptors (Lipinski definition) is 1. The van der Waals surface area contributed by atoms with E-state index in [9.17, 15) is 4.79 Å². The molecular formula is C15H30O. The van der Waals surface area contributed by atoms with Crippen LogP contribution in [0.3, 0.4) is 0 Å². The summed E-state index contributed by atoms with van der Waals surface area (Å²) in [5, 5.41) is 0. The Morgan fingerprint density at radius 1 is 0.750 bits per heavy atom. The van der Waals surface area contributed by atoms with Gasteiger partial charge in [0, 0.05) is 6.42 Å². The summed E-state index contributed by atoms with van der Waals surface area (Å²) < 4.78 is 0. The molecule has 0 aromatic heterocycles. The van der Waals surface area contributed by atoms with Crippen LogP contribution in [-0.2, 0) is 4.79 Å². The maximum atomic E-state index is 10.1. The molecule has 0 N–H and O–H groups in total. The monoisotopic (exact) mass is 226 g/mol. The Balaban J connectivity index is 3.01. The van der Waals surface area contributed by atoms with Crippen molar-refractivity contribution in [3.8, 4) is 0 Å². The standard InChI is InChI=1S/C15H30O/c1-15(2,3)13-11-9-7-5-4-6-8-10-12-14-16/h14H,4-13H2,1-3H3. The maximum absolute atomic E-state index is 10.1. The molecule has 1 heteroatoms. The second-order valence-corrected chi connectivity index (χ2v) is 6.09. The van der Waals surface area contributed by atoms with Gasteiger partial charge < -0.3 is 4.79 Å². The van der Waals surface area contributed by atoms with Gasteiger partial charge in [-0.25, -0.2) is 0 Å². The van der Waals surface area contributed by atoms with Gasteiger partial charge in [0.1, 0.15) is 6.29 Å². The van der Waals surface area contributed by atoms with E-state index < -0.39 is 0 Å². The van der Waals surface area contributed by atoms with E-state index in [1.807, 2.05) is 0 Å². The van der Waals surface area contributed by atoms with Crippen molar-refractivity contribution in [3.05, 3.63) is 0 Å². The van der Waals surface area contributed by atoms with Crippen LogP contribution in [0, 0.1) is 5.41 Å². The second kappa shape index (κ2) is 9.86. The van der Waals surface area contributed by atoms with Crippen LogP contribution in [0.15, 0.2) is 0 Å². The molecule has 0 amide bonds. The van der Waals surface area contributed by atoms with Gasteiger partial charge in [0.05, 0.1) is 0 Å². The highest BCUT2D eigenvalue weighted by atomic mass is 16.1. The van der Waals surface area contributed by atoms with Crippen molar-refractivity contribution in [3.63, 3.8) is 0 Å². The summed E-state index contributed by atoms with van der Waals surface area (Å²) in [7, 11) is 0. The van der Waals surface area contributed by atoms with Crippen LogP contribution in [0.25, 0.3) is 0 Å². The fraction of sp³-hybridized carbons (Fsp3) is 0.933. The summed E-state index contributed by atoms with van der Waals surface area (Å²) in [6.07, 6.45) is 13.7. The third-order valence-corrected chi connectivity index (χ3v) is 3.00. The van der Waals surface area contributed by atoms with E-state index in [1.165, 1.54) is 51.4 Å². The van der Waals surface area contributed by atoms with Crippen LogP contribution in [0.2, 0.25) is 0 Å². The zero-order valence-corrected chi connectivity index (χ0v) is 11.6. The van der Waals surface area contributed by atoms with Crippen LogP contribution in [0.5, 0.6) is 0 Å². The van der Waals surface area contributed by atoms with Gasteiger partial charge in [-0.2, -0.15) is 0 Å². The van der Waals surface area contributed by atoms with Crippen molar-refractivity contribution in [2.24, 2.45) is 5.41 Å². The van der Waals surface area contributed by atoms with Crippen LogP contribution in [-0.4, -0.2) is 6.29 Å². The Labute approximate surface area is 102 Å². The van der Waals surface area contributed by atoms with Crippen molar-refractivity contribution < 1.29 is 4.79 Å². The maximum Gasteiger partial charge on any atom is 0.119 e. The molecule has 0 fully saturated rings. The molecule has 0 aliphatic rings. The van der Waals surface area contributed by atoms with E-state index in [0.29, 0.717) is 5.41 Å². The molecule has 0 aromatic rings. The Hall–Kier alpha value is -0.330. The average molecular weight is 226 g/mol. The number of carbonyl (C=O) groups excluding carboxylic acids is 1. The van der Waals surface area contributed by atoms with Gasteiger partial charge in [-0.1, -0.05) is 65.7 Å². The van der Waals surface area contributed by atoms with E-state index in [0.717, 1.165) is 19.1 Å². The number of unbranched alkanes of at least 4 members (excludes halogenated alkanes) is 8. The Bertz CT molecular complexity index is 155. The zero-order chi connectivity index (χ0) is 12.3. The SMILES string of the molecule is CC(C)(C)CCCCCCCCCCC=O. The Morgan fingerprint density at radius 3 is 1.62 bits per heavy atom. The lowest BCUT2D eigenvalue weighted by atomic mass is 9.89. The highest BCUT2D eigenvalue weighted by molar-refractivity contribution is 5.48. The number of rotatable bonds is 10. The normalized spacial score (nSPS) is 11.7. The van der Waals surface area contributed by atoms with Crippen LogP contribution >= 0.6 is 0 Å². The van der Waals surface area contributed by atoms with E-state index in [-0.39, 0.29) is 0 Å². The van der Waals surface area contributed by atoms with Crippen LogP contribution < -0.4 is 0 Å². The molecule has 0 spiro atoms. The summed E-state index contributed by atoms with van der Waals surface area (Å²) in [5.74, 6) is 0. The highest BCUT2D eigenvalue weighted by Crippen LogP contribution is 2.22. The first-order valence-electron chi connectivity index (χ1n) is 7.00. The van der Waals surface area contributed by atoms with Gasteiger partial charge in [-0.05, 0) is 18.3 Å². The molecule has 16 heavy (non-hydrogen) atoms. The van der Waals surface area contributed by atoms with Crippen molar-refractivity contribution >= 4 is 6.29 Å². The smallest absolute Gasteiger partial charge is 0.119 e. The fourth-order valence-corrected chi connectivity index (χ4v) is 1.94. The van der Waals surface area contributed by atoms with Crippen molar-refractivity contribution in [1.29, 1.82) is 0 Å². The summed E-state index contributed by atoms with van der Waals surface area (Å²) in [4.78, 5) is 10.1. The molecule has 0 aliphatic carbocycles. The van der Waals surface area contributed by atoms with Crippen molar-refractivity contribution in [2.75, 3.05) is 0 Å². The number of carbonyl (C=O) groups is 1. The van der Waals surface area contributed by atoms with Gasteiger partial charge in [0.2, 0.25) is 0 Å². The summed E-state index contributed by atoms with van der Waals surface area (Å²) >= 11 is 0. The molecule has 96 valence electrons. The molecule has 1 nitrogen and oxygen atoms in total. The zero-order valence-electron chi connectivity index (χ0n) is 11.6. The second-order valence-electron chi connectivity index (χ2n) is 6.09. The first kappa shape index (κ1) is 15.7. The molecule has 0 radical (unpaired) electrons. The molecule has 0 aliphatic heterocycles. The molecule has 0 atom stereocenters. The molecular weight excluding hydrogens is 196 g/mol. The van der Waals surface area contributed by atoms with Gasteiger partial charge in [0.15, 0.2) is 0 Å². The fourth-order valence-electron chi connectivity index (χ4n) is 1.94. The molecule has 0 aromatic carbocycles. The van der Waals surface area contributed by atoms with Gasteiger partial charge in [-0.15, -0.1) is 0 Å². The molecule has 0 rings (SSSR count). The molecule has 0 bridgehead atoms. The summed E-state index contributed by atoms with van der Waals surface area (Å²) in [6.45, 7) is 6.96. The average Bonchev–Trinajstić information content (AvgIpc) is 2.19. The summed E-state index contributed by atoms with van der Waals surface area (Å²) in [5.41, 5.74) is 0.509. The first-order chi connectivity index (χ1) is 7.56. The number of aldehydes is 1. The van der Waals surface area contributed by atoms with Gasteiger partial charge >= 0.3 is 0 Å². The first-order valence-corrected chi connectivity index (χ1v) is 7.00. The highest BCUT2D eigenvalue weighted by Gasteiger charge is 2.08. The largest absolute Gasteiger partial charge is 0.303 e. The van der Waals surface area contributed by atoms with Crippen molar-refractivity contribution in [1.82, 2.24) is 0 Å². The van der Waals surface area contributed by atoms with E-state index in [2.05, 4.69) is 20.8 Å². The third-order valence-electron chi connectivity index (χ3n) is 3.00. The Morgan fingerprint density at radius 2 is 1.19 bits per heavy atom. The van der Waals surface area contributed by atoms with Crippen molar-refractivity contribution in [2.45, 2.75) is 85.0 Å². The topological polar surface area (TPSA) is 17.1 Å². The molecule has 0 unspecified atom stereocenters. The quantitative estimate of drug-likeness (QED) is 0.373. The Kier molecular flexibility index (Phi) is 9.66. The molecule has 0 saturated heterocycles. The predicted octanol–water partition coefficient (Wildman–Crippen LogP) is 5.13. The lowest BCUT2D eigenvalue weighted by Gasteiger charge is -2.17. The van der Waals surface area contributed by atoms with Crippen LogP contribution in [0.1, 0.15) is 85.0 Å². The van der Waals surface area contributed by atoms with E-state index in [1.54, 1.807) is 0 Å². The minimum Gasteiger partial charge on any atom is -0.303 e. The van der Waals surface area contributed by atoms with E-state index >= 15 is 0 Å².